The van der Waals surface area contributed by atoms with Crippen molar-refractivity contribution in [1.82, 2.24) is 20.5 Å². The van der Waals surface area contributed by atoms with Gasteiger partial charge in [0.2, 0.25) is 0 Å². The van der Waals surface area contributed by atoms with Gasteiger partial charge in [0, 0.05) is 11.8 Å². The summed E-state index contributed by atoms with van der Waals surface area (Å²) in [7, 11) is 3.55. The summed E-state index contributed by atoms with van der Waals surface area (Å²) in [5.74, 6) is 0.760. The Balaban J connectivity index is 2.53. The first-order valence-electron chi connectivity index (χ1n) is 6.14. The van der Waals surface area contributed by atoms with Crippen LogP contribution < -0.4 is 10.1 Å². The maximum Gasteiger partial charge on any atom is 0.142 e. The molecule has 1 unspecified atom stereocenters. The first-order chi connectivity index (χ1) is 9.17. The van der Waals surface area contributed by atoms with E-state index in [1.165, 1.54) is 0 Å². The Morgan fingerprint density at radius 3 is 2.74 bits per heavy atom. The van der Waals surface area contributed by atoms with Crippen molar-refractivity contribution in [3.8, 4) is 5.75 Å². The molecule has 2 aromatic heterocycles. The Bertz CT molecular complexity index is 571. The third kappa shape index (κ3) is 2.71. The Hall–Kier alpha value is -2.01. The average molecular weight is 258 g/mol. The first kappa shape index (κ1) is 13.4. The van der Waals surface area contributed by atoms with Crippen molar-refractivity contribution in [2.45, 2.75) is 19.9 Å². The minimum Gasteiger partial charge on any atom is -0.495 e. The quantitative estimate of drug-likeness (QED) is 0.906. The lowest BCUT2D eigenvalue weighted by Gasteiger charge is -2.19. The van der Waals surface area contributed by atoms with Crippen LogP contribution in [0, 0.1) is 13.8 Å². The van der Waals surface area contributed by atoms with Crippen LogP contribution in [0.2, 0.25) is 0 Å². The fraction of sp³-hybridized carbons (Fsp3) is 0.357. The zero-order valence-electron chi connectivity index (χ0n) is 11.6. The van der Waals surface area contributed by atoms with E-state index in [-0.39, 0.29) is 6.04 Å². The molecular weight excluding hydrogens is 240 g/mol. The zero-order valence-corrected chi connectivity index (χ0v) is 11.6. The molecule has 0 radical (unpaired) electrons. The number of hydrogen-bond acceptors (Lipinski definition) is 5. The molecule has 2 heterocycles. The largest absolute Gasteiger partial charge is 0.495 e. The van der Waals surface area contributed by atoms with Crippen LogP contribution in [0.5, 0.6) is 5.75 Å². The Kier molecular flexibility index (Phi) is 4.06. The topological polar surface area (TPSA) is 59.9 Å². The van der Waals surface area contributed by atoms with Crippen molar-refractivity contribution in [2.24, 2.45) is 0 Å². The summed E-state index contributed by atoms with van der Waals surface area (Å²) in [4.78, 5) is 4.43. The van der Waals surface area contributed by atoms with Crippen LogP contribution in [0.25, 0.3) is 0 Å². The molecule has 0 aliphatic rings. The number of nitrogens with one attached hydrogen (secondary N) is 1. The third-order valence-corrected chi connectivity index (χ3v) is 3.03. The molecule has 19 heavy (non-hydrogen) atoms. The lowest BCUT2D eigenvalue weighted by Crippen LogP contribution is -2.21. The minimum atomic E-state index is -0.0645. The van der Waals surface area contributed by atoms with Gasteiger partial charge in [-0.25, -0.2) is 0 Å². The van der Waals surface area contributed by atoms with E-state index >= 15 is 0 Å². The van der Waals surface area contributed by atoms with Crippen molar-refractivity contribution in [3.05, 3.63) is 47.0 Å². The summed E-state index contributed by atoms with van der Waals surface area (Å²) < 4.78 is 5.38. The van der Waals surface area contributed by atoms with Gasteiger partial charge in [-0.05, 0) is 39.1 Å². The van der Waals surface area contributed by atoms with Gasteiger partial charge in [-0.2, -0.15) is 10.2 Å². The predicted octanol–water partition coefficient (Wildman–Crippen LogP) is 1.81. The first-order valence-corrected chi connectivity index (χ1v) is 6.14. The van der Waals surface area contributed by atoms with E-state index in [2.05, 4.69) is 20.5 Å². The second-order valence-electron chi connectivity index (χ2n) is 4.34. The maximum atomic E-state index is 5.38. The standard InChI is InChI=1S/C14H18N4O/c1-9-8-11(10(2)18-17-9)13(15-3)14-12(19-4)6-5-7-16-14/h5-8,13,15H,1-4H3. The predicted molar refractivity (Wildman–Crippen MR) is 73.2 cm³/mol. The van der Waals surface area contributed by atoms with Gasteiger partial charge in [-0.15, -0.1) is 0 Å². The highest BCUT2D eigenvalue weighted by Crippen LogP contribution is 2.28. The molecule has 5 nitrogen and oxygen atoms in total. The molecule has 0 amide bonds. The van der Waals surface area contributed by atoms with E-state index in [0.717, 1.165) is 28.4 Å². The second kappa shape index (κ2) is 5.75. The van der Waals surface area contributed by atoms with E-state index in [4.69, 9.17) is 4.74 Å². The van der Waals surface area contributed by atoms with Gasteiger partial charge in [-0.1, -0.05) is 0 Å². The molecule has 5 heteroatoms. The fourth-order valence-electron chi connectivity index (χ4n) is 2.09. The SMILES string of the molecule is CNC(c1cc(C)nnc1C)c1ncccc1OC. The number of ether oxygens (including phenoxy) is 1. The normalized spacial score (nSPS) is 12.2. The van der Waals surface area contributed by atoms with Gasteiger partial charge in [0.15, 0.2) is 0 Å². The summed E-state index contributed by atoms with van der Waals surface area (Å²) in [5.41, 5.74) is 3.68. The molecule has 2 rings (SSSR count). The molecule has 0 aliphatic carbocycles. The van der Waals surface area contributed by atoms with Crippen molar-refractivity contribution in [2.75, 3.05) is 14.2 Å². The summed E-state index contributed by atoms with van der Waals surface area (Å²) in [6.07, 6.45) is 1.76. The van der Waals surface area contributed by atoms with Gasteiger partial charge >= 0.3 is 0 Å². The van der Waals surface area contributed by atoms with Crippen LogP contribution in [0.4, 0.5) is 0 Å². The number of hydrogen-bond donors (Lipinski definition) is 1. The van der Waals surface area contributed by atoms with Crippen LogP contribution in [-0.2, 0) is 0 Å². The molecule has 0 saturated heterocycles. The zero-order chi connectivity index (χ0) is 13.8. The van der Waals surface area contributed by atoms with Gasteiger partial charge in [0.05, 0.1) is 24.5 Å². The molecular formula is C14H18N4O. The third-order valence-electron chi connectivity index (χ3n) is 3.03. The van der Waals surface area contributed by atoms with E-state index < -0.39 is 0 Å². The molecule has 0 saturated carbocycles. The molecule has 0 aromatic carbocycles. The molecule has 2 aromatic rings. The van der Waals surface area contributed by atoms with Crippen molar-refractivity contribution in [3.63, 3.8) is 0 Å². The van der Waals surface area contributed by atoms with Crippen LogP contribution >= 0.6 is 0 Å². The average Bonchev–Trinajstić information content (AvgIpc) is 2.44. The lowest BCUT2D eigenvalue weighted by atomic mass is 10.0. The summed E-state index contributed by atoms with van der Waals surface area (Å²) >= 11 is 0. The summed E-state index contributed by atoms with van der Waals surface area (Å²) in [6, 6.07) is 5.73. The number of rotatable bonds is 4. The van der Waals surface area contributed by atoms with E-state index in [9.17, 15) is 0 Å². The van der Waals surface area contributed by atoms with E-state index in [1.54, 1.807) is 13.3 Å². The van der Waals surface area contributed by atoms with Gasteiger partial charge < -0.3 is 10.1 Å². The highest BCUT2D eigenvalue weighted by atomic mass is 16.5. The van der Waals surface area contributed by atoms with Crippen LogP contribution in [0.15, 0.2) is 24.4 Å². The maximum absolute atomic E-state index is 5.38. The van der Waals surface area contributed by atoms with Crippen LogP contribution in [0.1, 0.15) is 28.7 Å². The number of methoxy groups -OCH3 is 1. The van der Waals surface area contributed by atoms with E-state index in [1.807, 2.05) is 39.1 Å². The van der Waals surface area contributed by atoms with E-state index in [0.29, 0.717) is 0 Å². The summed E-state index contributed by atoms with van der Waals surface area (Å²) in [6.45, 7) is 3.87. The van der Waals surface area contributed by atoms with Gasteiger partial charge in [-0.3, -0.25) is 4.98 Å². The monoisotopic (exact) mass is 258 g/mol. The smallest absolute Gasteiger partial charge is 0.142 e. The highest BCUT2D eigenvalue weighted by Gasteiger charge is 2.20. The molecule has 1 N–H and O–H groups in total. The molecule has 0 aliphatic heterocycles. The van der Waals surface area contributed by atoms with Crippen molar-refractivity contribution >= 4 is 0 Å². The second-order valence-corrected chi connectivity index (χ2v) is 4.34. The number of nitrogens with zero attached hydrogens (tertiary/aromatic N) is 3. The number of pyridine rings is 1. The Morgan fingerprint density at radius 1 is 1.26 bits per heavy atom. The van der Waals surface area contributed by atoms with Gasteiger partial charge in [0.25, 0.3) is 0 Å². The summed E-state index contributed by atoms with van der Waals surface area (Å²) in [5, 5.41) is 11.5. The van der Waals surface area contributed by atoms with Crippen molar-refractivity contribution in [1.29, 1.82) is 0 Å². The van der Waals surface area contributed by atoms with Crippen LogP contribution in [0.3, 0.4) is 0 Å². The fourth-order valence-corrected chi connectivity index (χ4v) is 2.09. The van der Waals surface area contributed by atoms with Gasteiger partial charge in [0.1, 0.15) is 11.4 Å². The number of aryl methyl sites for hydroxylation is 2. The molecule has 0 fully saturated rings. The Labute approximate surface area is 113 Å². The molecule has 0 spiro atoms. The molecule has 0 bridgehead atoms. The Morgan fingerprint density at radius 2 is 2.05 bits per heavy atom. The highest BCUT2D eigenvalue weighted by molar-refractivity contribution is 5.38. The lowest BCUT2D eigenvalue weighted by molar-refractivity contribution is 0.401. The minimum absolute atomic E-state index is 0.0645. The molecule has 100 valence electrons. The van der Waals surface area contributed by atoms with Crippen LogP contribution in [-0.4, -0.2) is 29.3 Å². The van der Waals surface area contributed by atoms with Crippen molar-refractivity contribution < 1.29 is 4.74 Å². The molecule has 1 atom stereocenters. The number of aromatic nitrogens is 3.